The molecule has 0 unspecified atom stereocenters. The van der Waals surface area contributed by atoms with E-state index in [1.165, 1.54) is 7.11 Å². The first-order valence-electron chi connectivity index (χ1n) is 6.50. The van der Waals surface area contributed by atoms with Crippen LogP contribution in [0.4, 0.5) is 11.4 Å². The molecule has 1 aromatic carbocycles. The summed E-state index contributed by atoms with van der Waals surface area (Å²) >= 11 is 0. The van der Waals surface area contributed by atoms with Crippen LogP contribution in [0.15, 0.2) is 12.1 Å². The Labute approximate surface area is 124 Å². The van der Waals surface area contributed by atoms with Crippen molar-refractivity contribution in [2.75, 3.05) is 37.0 Å². The molecule has 118 valence electrons. The van der Waals surface area contributed by atoms with Crippen LogP contribution in [-0.2, 0) is 14.8 Å². The molecule has 21 heavy (non-hydrogen) atoms. The molecule has 4 N–H and O–H groups in total. The average molecular weight is 315 g/mol. The van der Waals surface area contributed by atoms with Crippen molar-refractivity contribution in [2.45, 2.75) is 13.8 Å². The standard InChI is InChI=1S/C13H21N3O4S/c1-4-16-21(18,19)6-5-15-10-7-9(2)12(14)11(8-10)13(17)20-3/h7-8,15-16H,4-6,14H2,1-3H3. The molecule has 0 saturated heterocycles. The zero-order valence-electron chi connectivity index (χ0n) is 12.4. The monoisotopic (exact) mass is 315 g/mol. The normalized spacial score (nSPS) is 11.2. The van der Waals surface area contributed by atoms with E-state index in [-0.39, 0.29) is 17.9 Å². The second-order valence-electron chi connectivity index (χ2n) is 4.49. The number of carbonyl (C=O) groups is 1. The van der Waals surface area contributed by atoms with Crippen LogP contribution < -0.4 is 15.8 Å². The van der Waals surface area contributed by atoms with Crippen molar-refractivity contribution >= 4 is 27.4 Å². The summed E-state index contributed by atoms with van der Waals surface area (Å²) in [5, 5.41) is 2.96. The third-order valence-electron chi connectivity index (χ3n) is 2.86. The summed E-state index contributed by atoms with van der Waals surface area (Å²) in [6.45, 7) is 4.06. The number of sulfonamides is 1. The number of hydrogen-bond donors (Lipinski definition) is 3. The Morgan fingerprint density at radius 1 is 1.38 bits per heavy atom. The number of benzene rings is 1. The number of nitrogen functional groups attached to an aromatic ring is 1. The van der Waals surface area contributed by atoms with Crippen LogP contribution in [0.25, 0.3) is 0 Å². The molecule has 7 nitrogen and oxygen atoms in total. The molecule has 0 bridgehead atoms. The van der Waals surface area contributed by atoms with Crippen molar-refractivity contribution in [2.24, 2.45) is 0 Å². The summed E-state index contributed by atoms with van der Waals surface area (Å²) in [6, 6.07) is 3.30. The molecule has 0 amide bonds. The maximum atomic E-state index is 11.6. The Morgan fingerprint density at radius 3 is 2.62 bits per heavy atom. The molecule has 0 aliphatic rings. The van der Waals surface area contributed by atoms with Gasteiger partial charge in [0.25, 0.3) is 0 Å². The van der Waals surface area contributed by atoms with E-state index in [1.54, 1.807) is 26.0 Å². The van der Waals surface area contributed by atoms with Crippen LogP contribution in [0.5, 0.6) is 0 Å². The predicted octanol–water partition coefficient (Wildman–Crippen LogP) is 0.715. The van der Waals surface area contributed by atoms with Gasteiger partial charge in [-0.05, 0) is 24.6 Å². The fourth-order valence-corrected chi connectivity index (χ4v) is 2.76. The van der Waals surface area contributed by atoms with Gasteiger partial charge in [0.05, 0.1) is 18.4 Å². The molecular weight excluding hydrogens is 294 g/mol. The number of nitrogens with one attached hydrogen (secondary N) is 2. The third-order valence-corrected chi connectivity index (χ3v) is 4.33. The Bertz CT molecular complexity index is 614. The van der Waals surface area contributed by atoms with E-state index in [1.807, 2.05) is 0 Å². The number of carbonyl (C=O) groups excluding carboxylic acids is 1. The number of aryl methyl sites for hydroxylation is 1. The summed E-state index contributed by atoms with van der Waals surface area (Å²) in [7, 11) is -2.00. The first-order chi connectivity index (χ1) is 9.80. The van der Waals surface area contributed by atoms with Crippen molar-refractivity contribution in [3.05, 3.63) is 23.3 Å². The van der Waals surface area contributed by atoms with E-state index in [0.29, 0.717) is 17.9 Å². The summed E-state index contributed by atoms with van der Waals surface area (Å²) in [4.78, 5) is 11.6. The highest BCUT2D eigenvalue weighted by Gasteiger charge is 2.14. The minimum absolute atomic E-state index is 0.0577. The van der Waals surface area contributed by atoms with Gasteiger partial charge in [-0.15, -0.1) is 0 Å². The highest BCUT2D eigenvalue weighted by atomic mass is 32.2. The van der Waals surface area contributed by atoms with E-state index in [0.717, 1.165) is 5.56 Å². The summed E-state index contributed by atoms with van der Waals surface area (Å²) < 4.78 is 30.1. The van der Waals surface area contributed by atoms with Gasteiger partial charge in [0.2, 0.25) is 10.0 Å². The SMILES string of the molecule is CCNS(=O)(=O)CCNc1cc(C)c(N)c(C(=O)OC)c1. The largest absolute Gasteiger partial charge is 0.465 e. The highest BCUT2D eigenvalue weighted by molar-refractivity contribution is 7.89. The smallest absolute Gasteiger partial charge is 0.340 e. The first-order valence-corrected chi connectivity index (χ1v) is 8.15. The molecule has 1 rings (SSSR count). The van der Waals surface area contributed by atoms with Crippen LogP contribution in [0.3, 0.4) is 0 Å². The summed E-state index contributed by atoms with van der Waals surface area (Å²) in [6.07, 6.45) is 0. The zero-order chi connectivity index (χ0) is 16.0. The Kier molecular flexibility index (Phi) is 5.98. The number of rotatable bonds is 7. The molecule has 8 heteroatoms. The molecule has 0 heterocycles. The van der Waals surface area contributed by atoms with Crippen molar-refractivity contribution in [3.8, 4) is 0 Å². The highest BCUT2D eigenvalue weighted by Crippen LogP contribution is 2.23. The number of ether oxygens (including phenoxy) is 1. The van der Waals surface area contributed by atoms with Gasteiger partial charge in [0.15, 0.2) is 0 Å². The number of methoxy groups -OCH3 is 1. The lowest BCUT2D eigenvalue weighted by Crippen LogP contribution is -2.29. The second kappa shape index (κ2) is 7.28. The lowest BCUT2D eigenvalue weighted by molar-refractivity contribution is 0.0602. The van der Waals surface area contributed by atoms with Gasteiger partial charge in [-0.3, -0.25) is 0 Å². The van der Waals surface area contributed by atoms with Gasteiger partial charge in [0.1, 0.15) is 0 Å². The van der Waals surface area contributed by atoms with Gasteiger partial charge in [-0.2, -0.15) is 0 Å². The summed E-state index contributed by atoms with van der Waals surface area (Å²) in [5.41, 5.74) is 7.78. The van der Waals surface area contributed by atoms with Crippen LogP contribution in [0, 0.1) is 6.92 Å². The maximum Gasteiger partial charge on any atom is 0.340 e. The second-order valence-corrected chi connectivity index (χ2v) is 6.42. The molecule has 0 aliphatic carbocycles. The molecule has 0 atom stereocenters. The minimum Gasteiger partial charge on any atom is -0.465 e. The predicted molar refractivity (Wildman–Crippen MR) is 82.9 cm³/mol. The molecule has 0 spiro atoms. The fraction of sp³-hybridized carbons (Fsp3) is 0.462. The molecule has 0 aliphatic heterocycles. The van der Waals surface area contributed by atoms with Crippen molar-refractivity contribution < 1.29 is 17.9 Å². The number of nitrogens with two attached hydrogens (primary N) is 1. The van der Waals surface area contributed by atoms with E-state index >= 15 is 0 Å². The number of hydrogen-bond acceptors (Lipinski definition) is 6. The molecule has 0 aromatic heterocycles. The Morgan fingerprint density at radius 2 is 2.05 bits per heavy atom. The summed E-state index contributed by atoms with van der Waals surface area (Å²) in [5.74, 6) is -0.586. The quantitative estimate of drug-likeness (QED) is 0.505. The van der Waals surface area contributed by atoms with Crippen LogP contribution >= 0.6 is 0 Å². The molecule has 0 radical (unpaired) electrons. The average Bonchev–Trinajstić information content (AvgIpc) is 2.41. The van der Waals surface area contributed by atoms with Gasteiger partial charge >= 0.3 is 5.97 Å². The van der Waals surface area contributed by atoms with Crippen LogP contribution in [-0.4, -0.2) is 40.3 Å². The van der Waals surface area contributed by atoms with E-state index in [4.69, 9.17) is 5.73 Å². The van der Waals surface area contributed by atoms with Gasteiger partial charge in [-0.1, -0.05) is 6.92 Å². The lowest BCUT2D eigenvalue weighted by Gasteiger charge is -2.12. The number of esters is 1. The van der Waals surface area contributed by atoms with E-state index < -0.39 is 16.0 Å². The van der Waals surface area contributed by atoms with Gasteiger partial charge in [-0.25, -0.2) is 17.9 Å². The maximum absolute atomic E-state index is 11.6. The van der Waals surface area contributed by atoms with Crippen LogP contribution in [0.1, 0.15) is 22.8 Å². The molecule has 0 fully saturated rings. The third kappa shape index (κ3) is 4.91. The van der Waals surface area contributed by atoms with Crippen molar-refractivity contribution in [3.63, 3.8) is 0 Å². The van der Waals surface area contributed by atoms with Crippen LogP contribution in [0.2, 0.25) is 0 Å². The molecule has 1 aromatic rings. The Hall–Kier alpha value is -1.80. The van der Waals surface area contributed by atoms with E-state index in [2.05, 4.69) is 14.8 Å². The topological polar surface area (TPSA) is 111 Å². The van der Waals surface area contributed by atoms with Crippen molar-refractivity contribution in [1.82, 2.24) is 4.72 Å². The fourth-order valence-electron chi connectivity index (χ4n) is 1.80. The molecular formula is C13H21N3O4S. The lowest BCUT2D eigenvalue weighted by atomic mass is 10.1. The van der Waals surface area contributed by atoms with Gasteiger partial charge < -0.3 is 15.8 Å². The molecule has 0 saturated carbocycles. The number of anilines is 2. The van der Waals surface area contributed by atoms with Crippen molar-refractivity contribution in [1.29, 1.82) is 0 Å². The zero-order valence-corrected chi connectivity index (χ0v) is 13.2. The van der Waals surface area contributed by atoms with E-state index in [9.17, 15) is 13.2 Å². The Balaban J connectivity index is 2.81. The minimum atomic E-state index is -3.28. The first kappa shape index (κ1) is 17.3. The van der Waals surface area contributed by atoms with Gasteiger partial charge in [0, 0.05) is 24.5 Å².